The van der Waals surface area contributed by atoms with Gasteiger partial charge in [-0.15, -0.1) is 5.10 Å². The number of aromatic nitrogens is 5. The molecule has 154 valence electrons. The lowest BCUT2D eigenvalue weighted by Crippen LogP contribution is -2.26. The number of hydrogen-bond acceptors (Lipinski definition) is 4. The van der Waals surface area contributed by atoms with Crippen molar-refractivity contribution in [2.75, 3.05) is 6.54 Å². The first-order valence-corrected chi connectivity index (χ1v) is 10.2. The van der Waals surface area contributed by atoms with Gasteiger partial charge in [0.15, 0.2) is 5.69 Å². The van der Waals surface area contributed by atoms with E-state index in [1.165, 1.54) is 16.5 Å². The van der Waals surface area contributed by atoms with Crippen molar-refractivity contribution >= 4 is 27.7 Å². The molecule has 0 spiro atoms. The van der Waals surface area contributed by atoms with Crippen LogP contribution in [-0.2, 0) is 13.5 Å². The number of hydrogen-bond donors (Lipinski definition) is 1. The number of pyridine rings is 1. The van der Waals surface area contributed by atoms with Gasteiger partial charge in [-0.3, -0.25) is 9.78 Å². The van der Waals surface area contributed by atoms with Gasteiger partial charge in [-0.25, -0.2) is 4.68 Å². The normalized spacial score (nSPS) is 11.3. The van der Waals surface area contributed by atoms with E-state index in [0.717, 1.165) is 23.0 Å². The first kappa shape index (κ1) is 19.0. The van der Waals surface area contributed by atoms with Crippen molar-refractivity contribution in [2.24, 2.45) is 7.05 Å². The van der Waals surface area contributed by atoms with E-state index in [1.54, 1.807) is 10.9 Å². The van der Waals surface area contributed by atoms with Crippen molar-refractivity contribution in [3.8, 4) is 5.69 Å². The molecule has 0 aliphatic heterocycles. The molecule has 0 saturated carbocycles. The van der Waals surface area contributed by atoms with Crippen LogP contribution in [0.5, 0.6) is 0 Å². The number of carbonyl (C=O) groups excluding carboxylic acids is 1. The lowest BCUT2D eigenvalue weighted by molar-refractivity contribution is 0.0948. The minimum atomic E-state index is -0.220. The van der Waals surface area contributed by atoms with Gasteiger partial charge in [-0.05, 0) is 49.2 Å². The molecule has 0 saturated heterocycles. The molecular weight excluding hydrogens is 388 g/mol. The summed E-state index contributed by atoms with van der Waals surface area (Å²) in [5.74, 6) is -0.220. The number of nitrogens with zero attached hydrogens (tertiary/aromatic N) is 5. The van der Waals surface area contributed by atoms with Gasteiger partial charge in [-0.2, -0.15) is 0 Å². The van der Waals surface area contributed by atoms with E-state index in [0.29, 0.717) is 17.9 Å². The fraction of sp³-hybridized carbons (Fsp3) is 0.167. The van der Waals surface area contributed by atoms with E-state index in [-0.39, 0.29) is 5.91 Å². The van der Waals surface area contributed by atoms with Gasteiger partial charge < -0.3 is 9.88 Å². The second-order valence-corrected chi connectivity index (χ2v) is 7.57. The number of fused-ring (bicyclic) bond motifs is 2. The maximum atomic E-state index is 12.8. The van der Waals surface area contributed by atoms with Gasteiger partial charge in [0.25, 0.3) is 5.91 Å². The van der Waals surface area contributed by atoms with Crippen molar-refractivity contribution in [3.05, 3.63) is 83.9 Å². The molecule has 0 unspecified atom stereocenters. The summed E-state index contributed by atoms with van der Waals surface area (Å²) in [5.41, 5.74) is 5.15. The minimum Gasteiger partial charge on any atom is -0.350 e. The zero-order valence-electron chi connectivity index (χ0n) is 17.4. The van der Waals surface area contributed by atoms with Gasteiger partial charge >= 0.3 is 0 Å². The van der Waals surface area contributed by atoms with Crippen LogP contribution in [0.4, 0.5) is 0 Å². The zero-order valence-corrected chi connectivity index (χ0v) is 17.4. The Morgan fingerprint density at radius 1 is 1.03 bits per heavy atom. The van der Waals surface area contributed by atoms with Gasteiger partial charge in [0, 0.05) is 42.3 Å². The van der Waals surface area contributed by atoms with E-state index in [4.69, 9.17) is 0 Å². The Morgan fingerprint density at radius 3 is 2.77 bits per heavy atom. The van der Waals surface area contributed by atoms with Gasteiger partial charge in [-0.1, -0.05) is 29.5 Å². The highest BCUT2D eigenvalue weighted by Gasteiger charge is 2.18. The molecule has 0 atom stereocenters. The largest absolute Gasteiger partial charge is 0.350 e. The van der Waals surface area contributed by atoms with Crippen molar-refractivity contribution in [1.82, 2.24) is 29.9 Å². The lowest BCUT2D eigenvalue weighted by atomic mass is 10.1. The van der Waals surface area contributed by atoms with Crippen molar-refractivity contribution in [3.63, 3.8) is 0 Å². The second-order valence-electron chi connectivity index (χ2n) is 7.57. The SMILES string of the molecule is Cc1c(C(=O)NCCc2cn(C)c3ccccc23)nnn1-c1cccc2ncccc12. The third-order valence-corrected chi connectivity index (χ3v) is 5.62. The van der Waals surface area contributed by atoms with Gasteiger partial charge in [0.1, 0.15) is 0 Å². The summed E-state index contributed by atoms with van der Waals surface area (Å²) in [6.45, 7) is 2.38. The molecule has 5 rings (SSSR count). The molecule has 7 heteroatoms. The number of aryl methyl sites for hydroxylation is 1. The second kappa shape index (κ2) is 7.68. The van der Waals surface area contributed by atoms with Crippen LogP contribution in [0, 0.1) is 6.92 Å². The molecule has 0 bridgehead atoms. The van der Waals surface area contributed by atoms with Crippen LogP contribution >= 0.6 is 0 Å². The molecule has 3 heterocycles. The van der Waals surface area contributed by atoms with Crippen LogP contribution in [0.25, 0.3) is 27.5 Å². The van der Waals surface area contributed by atoms with Crippen molar-refractivity contribution in [2.45, 2.75) is 13.3 Å². The fourth-order valence-electron chi connectivity index (χ4n) is 4.06. The highest BCUT2D eigenvalue weighted by atomic mass is 16.2. The smallest absolute Gasteiger partial charge is 0.273 e. The Bertz CT molecular complexity index is 1410. The van der Waals surface area contributed by atoms with Crippen LogP contribution in [-0.4, -0.2) is 37.0 Å². The van der Waals surface area contributed by atoms with Crippen LogP contribution in [0.3, 0.4) is 0 Å². The highest BCUT2D eigenvalue weighted by molar-refractivity contribution is 5.94. The topological polar surface area (TPSA) is 77.6 Å². The van der Waals surface area contributed by atoms with E-state index in [9.17, 15) is 4.79 Å². The molecule has 0 fully saturated rings. The van der Waals surface area contributed by atoms with E-state index in [1.807, 2.05) is 56.4 Å². The van der Waals surface area contributed by atoms with Crippen LogP contribution in [0.15, 0.2) is 67.0 Å². The molecule has 2 aromatic carbocycles. The predicted octanol–water partition coefficient (Wildman–Crippen LogP) is 3.59. The first-order valence-electron chi connectivity index (χ1n) is 10.2. The molecule has 0 aliphatic carbocycles. The molecule has 1 amide bonds. The van der Waals surface area contributed by atoms with Crippen molar-refractivity contribution in [1.29, 1.82) is 0 Å². The molecule has 0 aliphatic rings. The number of para-hydroxylation sites is 1. The molecule has 7 nitrogen and oxygen atoms in total. The van der Waals surface area contributed by atoms with Crippen LogP contribution in [0.1, 0.15) is 21.7 Å². The maximum absolute atomic E-state index is 12.8. The summed E-state index contributed by atoms with van der Waals surface area (Å²) < 4.78 is 3.81. The molecule has 3 aromatic heterocycles. The van der Waals surface area contributed by atoms with Crippen molar-refractivity contribution < 1.29 is 4.79 Å². The maximum Gasteiger partial charge on any atom is 0.273 e. The Morgan fingerprint density at radius 2 is 1.87 bits per heavy atom. The number of benzene rings is 2. The third kappa shape index (κ3) is 3.34. The highest BCUT2D eigenvalue weighted by Crippen LogP contribution is 2.22. The minimum absolute atomic E-state index is 0.220. The monoisotopic (exact) mass is 410 g/mol. The van der Waals surface area contributed by atoms with Gasteiger partial charge in [0.2, 0.25) is 0 Å². The Balaban J connectivity index is 1.34. The quantitative estimate of drug-likeness (QED) is 0.480. The molecule has 5 aromatic rings. The Labute approximate surface area is 179 Å². The molecule has 31 heavy (non-hydrogen) atoms. The van der Waals surface area contributed by atoms with E-state index < -0.39 is 0 Å². The average molecular weight is 410 g/mol. The number of carbonyl (C=O) groups is 1. The van der Waals surface area contributed by atoms with E-state index in [2.05, 4.69) is 43.5 Å². The average Bonchev–Trinajstić information content (AvgIpc) is 3.33. The van der Waals surface area contributed by atoms with Crippen LogP contribution in [0.2, 0.25) is 0 Å². The summed E-state index contributed by atoms with van der Waals surface area (Å²) in [6, 6.07) is 18.0. The van der Waals surface area contributed by atoms with Gasteiger partial charge in [0.05, 0.1) is 16.9 Å². The predicted molar refractivity (Wildman–Crippen MR) is 120 cm³/mol. The summed E-state index contributed by atoms with van der Waals surface area (Å²) in [4.78, 5) is 17.2. The molecule has 0 radical (unpaired) electrons. The summed E-state index contributed by atoms with van der Waals surface area (Å²) >= 11 is 0. The summed E-state index contributed by atoms with van der Waals surface area (Å²) in [6.07, 6.45) is 4.62. The van der Waals surface area contributed by atoms with E-state index >= 15 is 0 Å². The molecule has 1 N–H and O–H groups in total. The first-order chi connectivity index (χ1) is 15.1. The third-order valence-electron chi connectivity index (χ3n) is 5.62. The number of nitrogens with one attached hydrogen (secondary N) is 1. The number of amides is 1. The lowest BCUT2D eigenvalue weighted by Gasteiger charge is -2.07. The molecular formula is C24H22N6O. The standard InChI is InChI=1S/C24H22N6O/c1-16-23(27-28-30(16)22-11-5-9-20-19(22)8-6-13-25-20)24(31)26-14-12-17-15-29(2)21-10-4-3-7-18(17)21/h3-11,13,15H,12,14H2,1-2H3,(H,26,31). The Kier molecular flexibility index (Phi) is 4.71. The number of rotatable bonds is 5. The van der Waals surface area contributed by atoms with Crippen LogP contribution < -0.4 is 5.32 Å². The Hall–Kier alpha value is -4.00. The summed E-state index contributed by atoms with van der Waals surface area (Å²) in [7, 11) is 2.04. The fourth-order valence-corrected chi connectivity index (χ4v) is 4.06. The zero-order chi connectivity index (χ0) is 21.4. The summed E-state index contributed by atoms with van der Waals surface area (Å²) in [5, 5.41) is 13.6.